The first-order valence-corrected chi connectivity index (χ1v) is 7.99. The minimum Gasteiger partial charge on any atom is -0.374 e. The predicted octanol–water partition coefficient (Wildman–Crippen LogP) is 4.08. The number of nitrogens with zero attached hydrogens (tertiary/aromatic N) is 1. The third-order valence-electron chi connectivity index (χ3n) is 3.04. The number of amides is 1. The highest BCUT2D eigenvalue weighted by atomic mass is 35.5. The zero-order valence-corrected chi connectivity index (χ0v) is 14.2. The highest BCUT2D eigenvalue weighted by Crippen LogP contribution is 2.28. The van der Waals surface area contributed by atoms with E-state index in [-0.39, 0.29) is 22.8 Å². The Morgan fingerprint density at radius 1 is 1.39 bits per heavy atom. The number of hydrogen-bond acceptors (Lipinski definition) is 5. The second-order valence-corrected chi connectivity index (χ2v) is 6.68. The van der Waals surface area contributed by atoms with E-state index in [2.05, 4.69) is 5.32 Å². The summed E-state index contributed by atoms with van der Waals surface area (Å²) in [5.74, 6) is -0.594. The lowest BCUT2D eigenvalue weighted by Gasteiger charge is -2.14. The van der Waals surface area contributed by atoms with Crippen LogP contribution in [0.3, 0.4) is 0 Å². The van der Waals surface area contributed by atoms with Crippen molar-refractivity contribution in [1.82, 2.24) is 5.32 Å². The SMILES string of the molecule is COC(CNC(=O)c1cc(Cl)ccc1[N+](=O)[O-])c1ccc(Cl)s1. The van der Waals surface area contributed by atoms with Crippen LogP contribution in [0, 0.1) is 10.1 Å². The lowest BCUT2D eigenvalue weighted by atomic mass is 10.1. The first-order valence-electron chi connectivity index (χ1n) is 6.42. The standard InChI is InChI=1S/C14H12Cl2N2O4S/c1-22-11(12-4-5-13(16)23-12)7-17-14(19)9-6-8(15)2-3-10(9)18(20)21/h2-6,11H,7H2,1H3,(H,17,19). The number of halogens is 2. The normalized spacial score (nSPS) is 12.0. The maximum atomic E-state index is 12.2. The van der Waals surface area contributed by atoms with Gasteiger partial charge in [-0.15, -0.1) is 11.3 Å². The Hall–Kier alpha value is -1.67. The molecule has 2 aromatic rings. The van der Waals surface area contributed by atoms with Gasteiger partial charge >= 0.3 is 0 Å². The Morgan fingerprint density at radius 2 is 2.13 bits per heavy atom. The zero-order valence-electron chi connectivity index (χ0n) is 11.9. The summed E-state index contributed by atoms with van der Waals surface area (Å²) >= 11 is 13.0. The van der Waals surface area contributed by atoms with Gasteiger partial charge in [0.05, 0.1) is 9.26 Å². The second-order valence-electron chi connectivity index (χ2n) is 4.49. The molecule has 0 aliphatic rings. The van der Waals surface area contributed by atoms with Crippen molar-refractivity contribution in [3.63, 3.8) is 0 Å². The van der Waals surface area contributed by atoms with Crippen molar-refractivity contribution in [1.29, 1.82) is 0 Å². The molecule has 0 aliphatic carbocycles. The number of methoxy groups -OCH3 is 1. The van der Waals surface area contributed by atoms with Gasteiger partial charge in [-0.05, 0) is 24.3 Å². The molecule has 2 rings (SSSR count). The van der Waals surface area contributed by atoms with Crippen LogP contribution in [0.5, 0.6) is 0 Å². The van der Waals surface area contributed by atoms with E-state index in [4.69, 9.17) is 27.9 Å². The van der Waals surface area contributed by atoms with Crippen LogP contribution in [0.15, 0.2) is 30.3 Å². The van der Waals surface area contributed by atoms with E-state index in [0.29, 0.717) is 4.34 Å². The third kappa shape index (κ3) is 4.42. The van der Waals surface area contributed by atoms with Gasteiger partial charge in [0.15, 0.2) is 0 Å². The van der Waals surface area contributed by atoms with Crippen LogP contribution in [0.1, 0.15) is 21.3 Å². The average molecular weight is 375 g/mol. The Bertz CT molecular complexity index is 735. The van der Waals surface area contributed by atoms with Crippen LogP contribution in [0.25, 0.3) is 0 Å². The maximum Gasteiger partial charge on any atom is 0.282 e. The average Bonchev–Trinajstić information content (AvgIpc) is 2.93. The van der Waals surface area contributed by atoms with Crippen LogP contribution < -0.4 is 5.32 Å². The molecule has 0 saturated carbocycles. The number of ether oxygens (including phenoxy) is 1. The van der Waals surface area contributed by atoms with Gasteiger partial charge in [-0.3, -0.25) is 14.9 Å². The number of nitrogens with one attached hydrogen (secondary N) is 1. The number of hydrogen-bond donors (Lipinski definition) is 1. The lowest BCUT2D eigenvalue weighted by molar-refractivity contribution is -0.385. The van der Waals surface area contributed by atoms with Crippen molar-refractivity contribution in [2.75, 3.05) is 13.7 Å². The molecular formula is C14H12Cl2N2O4S. The molecule has 1 aromatic heterocycles. The largest absolute Gasteiger partial charge is 0.374 e. The molecule has 0 spiro atoms. The molecule has 0 bridgehead atoms. The molecule has 0 saturated heterocycles. The molecule has 6 nitrogen and oxygen atoms in total. The Balaban J connectivity index is 2.13. The Morgan fingerprint density at radius 3 is 2.70 bits per heavy atom. The Kier molecular flexibility index (Phi) is 5.95. The van der Waals surface area contributed by atoms with E-state index in [0.717, 1.165) is 4.88 Å². The van der Waals surface area contributed by atoms with E-state index in [1.807, 2.05) is 0 Å². The summed E-state index contributed by atoms with van der Waals surface area (Å²) in [5.41, 5.74) is -0.401. The highest BCUT2D eigenvalue weighted by molar-refractivity contribution is 7.16. The number of rotatable bonds is 6. The number of benzene rings is 1. The molecule has 1 unspecified atom stereocenters. The fourth-order valence-electron chi connectivity index (χ4n) is 1.93. The van der Waals surface area contributed by atoms with E-state index in [1.165, 1.54) is 36.6 Å². The third-order valence-corrected chi connectivity index (χ3v) is 4.60. The zero-order chi connectivity index (χ0) is 17.0. The fourth-order valence-corrected chi connectivity index (χ4v) is 3.24. The van der Waals surface area contributed by atoms with Crippen molar-refractivity contribution < 1.29 is 14.5 Å². The first kappa shape index (κ1) is 17.7. The van der Waals surface area contributed by atoms with Crippen molar-refractivity contribution in [2.45, 2.75) is 6.10 Å². The van der Waals surface area contributed by atoms with Crippen LogP contribution in [0.2, 0.25) is 9.36 Å². The molecule has 1 atom stereocenters. The molecule has 1 heterocycles. The molecule has 23 heavy (non-hydrogen) atoms. The van der Waals surface area contributed by atoms with Crippen LogP contribution in [-0.4, -0.2) is 24.5 Å². The fraction of sp³-hybridized carbons (Fsp3) is 0.214. The van der Waals surface area contributed by atoms with Gasteiger partial charge in [-0.2, -0.15) is 0 Å². The molecular weight excluding hydrogens is 363 g/mol. The quantitative estimate of drug-likeness (QED) is 0.609. The van der Waals surface area contributed by atoms with Gasteiger partial charge in [0.2, 0.25) is 0 Å². The van der Waals surface area contributed by atoms with Crippen LogP contribution in [0.4, 0.5) is 5.69 Å². The van der Waals surface area contributed by atoms with Gasteiger partial charge in [-0.1, -0.05) is 23.2 Å². The summed E-state index contributed by atoms with van der Waals surface area (Å²) < 4.78 is 5.92. The smallest absolute Gasteiger partial charge is 0.282 e. The van der Waals surface area contributed by atoms with E-state index in [1.54, 1.807) is 12.1 Å². The van der Waals surface area contributed by atoms with Crippen LogP contribution >= 0.6 is 34.5 Å². The summed E-state index contributed by atoms with van der Waals surface area (Å²) in [6.07, 6.45) is -0.394. The van der Waals surface area contributed by atoms with Crippen molar-refractivity contribution in [3.8, 4) is 0 Å². The molecule has 1 N–H and O–H groups in total. The van der Waals surface area contributed by atoms with E-state index >= 15 is 0 Å². The maximum absolute atomic E-state index is 12.2. The summed E-state index contributed by atoms with van der Waals surface area (Å²) in [6, 6.07) is 7.36. The molecule has 0 fully saturated rings. The number of nitro benzene ring substituents is 1. The number of thiophene rings is 1. The number of carbonyl (C=O) groups excluding carboxylic acids is 1. The minimum atomic E-state index is -0.627. The molecule has 0 radical (unpaired) electrons. The molecule has 1 amide bonds. The summed E-state index contributed by atoms with van der Waals surface area (Å²) in [7, 11) is 1.51. The first-order chi connectivity index (χ1) is 10.9. The second kappa shape index (κ2) is 7.74. The lowest BCUT2D eigenvalue weighted by Crippen LogP contribution is -2.29. The van der Waals surface area contributed by atoms with Crippen LogP contribution in [-0.2, 0) is 4.74 Å². The molecule has 9 heteroatoms. The Labute approximate surface area is 146 Å². The topological polar surface area (TPSA) is 81.5 Å². The summed E-state index contributed by atoms with van der Waals surface area (Å²) in [6.45, 7) is 0.149. The van der Waals surface area contributed by atoms with Crippen molar-refractivity contribution >= 4 is 46.1 Å². The van der Waals surface area contributed by atoms with E-state index < -0.39 is 16.9 Å². The summed E-state index contributed by atoms with van der Waals surface area (Å²) in [4.78, 5) is 23.4. The molecule has 0 aliphatic heterocycles. The molecule has 122 valence electrons. The minimum absolute atomic E-state index is 0.0958. The van der Waals surface area contributed by atoms with Gasteiger partial charge < -0.3 is 10.1 Å². The molecule has 1 aromatic carbocycles. The van der Waals surface area contributed by atoms with Crippen molar-refractivity contribution in [2.24, 2.45) is 0 Å². The summed E-state index contributed by atoms with van der Waals surface area (Å²) in [5, 5.41) is 13.9. The van der Waals surface area contributed by atoms with Crippen molar-refractivity contribution in [3.05, 3.63) is 60.2 Å². The van der Waals surface area contributed by atoms with Gasteiger partial charge in [0.1, 0.15) is 11.7 Å². The number of nitro groups is 1. The monoisotopic (exact) mass is 374 g/mol. The van der Waals surface area contributed by atoms with Gasteiger partial charge in [0, 0.05) is 29.6 Å². The highest BCUT2D eigenvalue weighted by Gasteiger charge is 2.22. The van der Waals surface area contributed by atoms with Gasteiger partial charge in [-0.25, -0.2) is 0 Å². The number of carbonyl (C=O) groups is 1. The van der Waals surface area contributed by atoms with E-state index in [9.17, 15) is 14.9 Å². The van der Waals surface area contributed by atoms with Gasteiger partial charge in [0.25, 0.3) is 11.6 Å². The predicted molar refractivity (Wildman–Crippen MR) is 89.5 cm³/mol.